The summed E-state index contributed by atoms with van der Waals surface area (Å²) < 4.78 is 6.99. The van der Waals surface area contributed by atoms with E-state index in [0.717, 1.165) is 11.3 Å². The number of hydrogen-bond donors (Lipinski definition) is 1. The number of carbonyl (C=O) groups is 2. The van der Waals surface area contributed by atoms with E-state index in [0.29, 0.717) is 31.7 Å². The number of nitrogens with one attached hydrogen (secondary N) is 1. The van der Waals surface area contributed by atoms with Crippen LogP contribution in [0.25, 0.3) is 0 Å². The predicted molar refractivity (Wildman–Crippen MR) is 99.8 cm³/mol. The number of aromatic nitrogens is 3. The van der Waals surface area contributed by atoms with Crippen molar-refractivity contribution >= 4 is 23.2 Å². The van der Waals surface area contributed by atoms with Gasteiger partial charge in [-0.3, -0.25) is 14.3 Å². The van der Waals surface area contributed by atoms with Gasteiger partial charge in [-0.2, -0.15) is 0 Å². The molecule has 8 nitrogen and oxygen atoms in total. The molecule has 3 heterocycles. The van der Waals surface area contributed by atoms with E-state index in [9.17, 15) is 9.59 Å². The van der Waals surface area contributed by atoms with Gasteiger partial charge in [-0.05, 0) is 50.5 Å². The highest BCUT2D eigenvalue weighted by Crippen LogP contribution is 2.49. The van der Waals surface area contributed by atoms with E-state index in [4.69, 9.17) is 4.74 Å². The quantitative estimate of drug-likeness (QED) is 0.892. The molecule has 8 heteroatoms. The zero-order chi connectivity index (χ0) is 19.2. The summed E-state index contributed by atoms with van der Waals surface area (Å²) in [5.74, 6) is -0.133. The molecule has 0 saturated carbocycles. The van der Waals surface area contributed by atoms with Crippen molar-refractivity contribution in [2.75, 3.05) is 23.4 Å². The molecule has 0 aliphatic carbocycles. The van der Waals surface area contributed by atoms with Gasteiger partial charge in [0, 0.05) is 37.7 Å². The smallest absolute Gasteiger partial charge is 0.295 e. The lowest BCUT2D eigenvalue weighted by molar-refractivity contribution is -0.126. The summed E-state index contributed by atoms with van der Waals surface area (Å²) in [6.45, 7) is 5.15. The highest BCUT2D eigenvalue weighted by atomic mass is 16.5. The van der Waals surface area contributed by atoms with E-state index >= 15 is 0 Å². The maximum atomic E-state index is 13.3. The Bertz CT molecular complexity index is 899. The molecule has 0 atom stereocenters. The minimum absolute atomic E-state index is 0.0663. The lowest BCUT2D eigenvalue weighted by atomic mass is 9.75. The minimum atomic E-state index is -0.568. The lowest BCUT2D eigenvalue weighted by Crippen LogP contribution is -2.46. The summed E-state index contributed by atoms with van der Waals surface area (Å²) in [4.78, 5) is 31.5. The van der Waals surface area contributed by atoms with Gasteiger partial charge in [0.05, 0.1) is 5.41 Å². The van der Waals surface area contributed by atoms with Crippen LogP contribution in [0.4, 0.5) is 11.4 Å². The summed E-state index contributed by atoms with van der Waals surface area (Å²) in [5, 5.41) is 6.87. The molecular weight excluding hydrogens is 346 g/mol. The first kappa shape index (κ1) is 17.7. The average molecular weight is 369 g/mol. The molecule has 1 aromatic heterocycles. The monoisotopic (exact) mass is 369 g/mol. The molecule has 2 aromatic rings. The van der Waals surface area contributed by atoms with Crippen LogP contribution in [0.3, 0.4) is 0 Å². The summed E-state index contributed by atoms with van der Waals surface area (Å²) in [6, 6.07) is 5.72. The molecule has 1 saturated heterocycles. The molecule has 1 fully saturated rings. The Morgan fingerprint density at radius 1 is 1.30 bits per heavy atom. The Kier molecular flexibility index (Phi) is 4.22. The van der Waals surface area contributed by atoms with Crippen molar-refractivity contribution in [1.82, 2.24) is 14.8 Å². The molecule has 142 valence electrons. The normalized spacial score (nSPS) is 18.2. The second-order valence-corrected chi connectivity index (χ2v) is 7.39. The zero-order valence-corrected chi connectivity index (χ0v) is 15.7. The number of ether oxygens (including phenoxy) is 1. The predicted octanol–water partition coefficient (Wildman–Crippen LogP) is 1.87. The van der Waals surface area contributed by atoms with Gasteiger partial charge in [0.15, 0.2) is 0 Å². The Hall–Kier alpha value is -2.74. The molecule has 0 bridgehead atoms. The molecule has 0 unspecified atom stereocenters. The molecule has 2 amide bonds. The molecule has 2 aliphatic rings. The van der Waals surface area contributed by atoms with Gasteiger partial charge in [0.25, 0.3) is 5.91 Å². The summed E-state index contributed by atoms with van der Waals surface area (Å²) in [5.41, 5.74) is 1.96. The molecule has 0 radical (unpaired) electrons. The number of nitrogens with zero attached hydrogens (tertiary/aromatic N) is 4. The van der Waals surface area contributed by atoms with Crippen LogP contribution in [0, 0.1) is 0 Å². The molecule has 1 aromatic carbocycles. The van der Waals surface area contributed by atoms with Crippen LogP contribution in [0.2, 0.25) is 0 Å². The maximum Gasteiger partial charge on any atom is 0.295 e. The second-order valence-electron chi connectivity index (χ2n) is 7.39. The van der Waals surface area contributed by atoms with Crippen LogP contribution < -0.4 is 10.2 Å². The SMILES string of the molecule is CC(C)N1C(=O)C2(CCOCC2)c2cc(NC(=O)c3ncn(C)n3)ccc21. The van der Waals surface area contributed by atoms with Crippen LogP contribution in [-0.2, 0) is 22.0 Å². The first-order valence-electron chi connectivity index (χ1n) is 9.15. The highest BCUT2D eigenvalue weighted by Gasteiger charge is 2.52. The van der Waals surface area contributed by atoms with Crippen LogP contribution in [0.1, 0.15) is 42.9 Å². The van der Waals surface area contributed by atoms with E-state index in [1.54, 1.807) is 7.05 Å². The first-order chi connectivity index (χ1) is 12.9. The van der Waals surface area contributed by atoms with Gasteiger partial charge in [-0.1, -0.05) is 0 Å². The third-order valence-electron chi connectivity index (χ3n) is 5.32. The number of benzene rings is 1. The topological polar surface area (TPSA) is 89.4 Å². The molecule has 1 spiro atoms. The average Bonchev–Trinajstić information content (AvgIpc) is 3.17. The van der Waals surface area contributed by atoms with Crippen LogP contribution in [0.15, 0.2) is 24.5 Å². The third kappa shape index (κ3) is 2.80. The number of aryl methyl sites for hydroxylation is 1. The van der Waals surface area contributed by atoms with E-state index in [1.165, 1.54) is 11.0 Å². The fourth-order valence-corrected chi connectivity index (χ4v) is 4.01. The van der Waals surface area contributed by atoms with Crippen LogP contribution in [-0.4, -0.2) is 45.8 Å². The second kappa shape index (κ2) is 6.45. The standard InChI is InChI=1S/C19H23N5O3/c1-12(2)24-15-5-4-13(21-17(25)16-20-11-23(3)22-16)10-14(15)19(18(24)26)6-8-27-9-7-19/h4-5,10-12H,6-9H2,1-3H3,(H,21,25). The van der Waals surface area contributed by atoms with Gasteiger partial charge in [-0.25, -0.2) is 4.98 Å². The molecule has 1 N–H and O–H groups in total. The van der Waals surface area contributed by atoms with E-state index in [2.05, 4.69) is 15.4 Å². The highest BCUT2D eigenvalue weighted by molar-refractivity contribution is 6.09. The van der Waals surface area contributed by atoms with E-state index in [-0.39, 0.29) is 23.7 Å². The van der Waals surface area contributed by atoms with Crippen molar-refractivity contribution in [3.8, 4) is 0 Å². The molecule has 2 aliphatic heterocycles. The largest absolute Gasteiger partial charge is 0.381 e. The Morgan fingerprint density at radius 2 is 2.04 bits per heavy atom. The van der Waals surface area contributed by atoms with Crippen LogP contribution >= 0.6 is 0 Å². The molecule has 4 rings (SSSR count). The number of fused-ring (bicyclic) bond motifs is 2. The zero-order valence-electron chi connectivity index (χ0n) is 15.7. The van der Waals surface area contributed by atoms with Crippen molar-refractivity contribution in [3.63, 3.8) is 0 Å². The number of carbonyl (C=O) groups excluding carboxylic acids is 2. The Balaban J connectivity index is 1.71. The van der Waals surface area contributed by atoms with Gasteiger partial charge in [0.1, 0.15) is 6.33 Å². The van der Waals surface area contributed by atoms with Crippen LogP contribution in [0.5, 0.6) is 0 Å². The van der Waals surface area contributed by atoms with Gasteiger partial charge < -0.3 is 15.0 Å². The summed E-state index contributed by atoms with van der Waals surface area (Å²) >= 11 is 0. The maximum absolute atomic E-state index is 13.3. The number of anilines is 2. The number of amides is 2. The van der Waals surface area contributed by atoms with E-state index in [1.807, 2.05) is 36.9 Å². The van der Waals surface area contributed by atoms with Gasteiger partial charge in [0.2, 0.25) is 11.7 Å². The third-order valence-corrected chi connectivity index (χ3v) is 5.32. The van der Waals surface area contributed by atoms with E-state index < -0.39 is 5.41 Å². The van der Waals surface area contributed by atoms with Gasteiger partial charge >= 0.3 is 0 Å². The summed E-state index contributed by atoms with van der Waals surface area (Å²) in [6.07, 6.45) is 2.79. The van der Waals surface area contributed by atoms with Crippen molar-refractivity contribution in [1.29, 1.82) is 0 Å². The van der Waals surface area contributed by atoms with Gasteiger partial charge in [-0.15, -0.1) is 5.10 Å². The fraction of sp³-hybridized carbons (Fsp3) is 0.474. The lowest BCUT2D eigenvalue weighted by Gasteiger charge is -2.33. The van der Waals surface area contributed by atoms with Crippen molar-refractivity contribution in [2.24, 2.45) is 7.05 Å². The number of rotatable bonds is 3. The van der Waals surface area contributed by atoms with Crippen molar-refractivity contribution < 1.29 is 14.3 Å². The minimum Gasteiger partial charge on any atom is -0.381 e. The summed E-state index contributed by atoms with van der Waals surface area (Å²) in [7, 11) is 1.71. The Morgan fingerprint density at radius 3 is 2.67 bits per heavy atom. The van der Waals surface area contributed by atoms with Crippen molar-refractivity contribution in [2.45, 2.75) is 38.1 Å². The molecule has 27 heavy (non-hydrogen) atoms. The molecular formula is C19H23N5O3. The number of hydrogen-bond acceptors (Lipinski definition) is 5. The fourth-order valence-electron chi connectivity index (χ4n) is 4.01. The Labute approximate surface area is 157 Å². The first-order valence-corrected chi connectivity index (χ1v) is 9.15. The van der Waals surface area contributed by atoms with Crippen molar-refractivity contribution in [3.05, 3.63) is 35.9 Å².